The summed E-state index contributed by atoms with van der Waals surface area (Å²) in [5.74, 6) is 0.105. The molecule has 0 radical (unpaired) electrons. The van der Waals surface area contributed by atoms with E-state index >= 15 is 0 Å². The van der Waals surface area contributed by atoms with Crippen LogP contribution in [0, 0.1) is 0 Å². The maximum absolute atomic E-state index is 11.8. The summed E-state index contributed by atoms with van der Waals surface area (Å²) in [6.45, 7) is 5.80. The van der Waals surface area contributed by atoms with Crippen molar-refractivity contribution < 1.29 is 4.79 Å². The SMILES string of the molecule is CC(C)=CC(=O)c1ccc2c(c1)CNCC2. The Morgan fingerprint density at radius 3 is 2.88 bits per heavy atom. The Morgan fingerprint density at radius 2 is 2.12 bits per heavy atom. The molecule has 0 fully saturated rings. The molecule has 0 saturated carbocycles. The first-order chi connectivity index (χ1) is 7.66. The van der Waals surface area contributed by atoms with E-state index in [-0.39, 0.29) is 5.78 Å². The van der Waals surface area contributed by atoms with Crippen molar-refractivity contribution in [1.82, 2.24) is 5.32 Å². The lowest BCUT2D eigenvalue weighted by Crippen LogP contribution is -2.23. The van der Waals surface area contributed by atoms with Crippen molar-refractivity contribution in [2.75, 3.05) is 6.54 Å². The van der Waals surface area contributed by atoms with Crippen molar-refractivity contribution in [3.8, 4) is 0 Å². The van der Waals surface area contributed by atoms with Gasteiger partial charge in [-0.15, -0.1) is 0 Å². The fourth-order valence-electron chi connectivity index (χ4n) is 1.98. The van der Waals surface area contributed by atoms with Gasteiger partial charge in [-0.25, -0.2) is 0 Å². The average molecular weight is 215 g/mol. The lowest BCUT2D eigenvalue weighted by Gasteiger charge is -2.17. The molecule has 1 heterocycles. The second-order valence-electron chi connectivity index (χ2n) is 4.50. The largest absolute Gasteiger partial charge is 0.312 e. The maximum atomic E-state index is 11.8. The summed E-state index contributed by atoms with van der Waals surface area (Å²) in [4.78, 5) is 11.8. The quantitative estimate of drug-likeness (QED) is 0.606. The Hall–Kier alpha value is -1.41. The monoisotopic (exact) mass is 215 g/mol. The molecule has 0 amide bonds. The van der Waals surface area contributed by atoms with E-state index in [1.54, 1.807) is 6.08 Å². The van der Waals surface area contributed by atoms with Gasteiger partial charge in [-0.2, -0.15) is 0 Å². The minimum atomic E-state index is 0.105. The van der Waals surface area contributed by atoms with E-state index in [0.717, 1.165) is 30.6 Å². The molecule has 0 aromatic heterocycles. The zero-order valence-electron chi connectivity index (χ0n) is 9.84. The molecule has 16 heavy (non-hydrogen) atoms. The van der Waals surface area contributed by atoms with Crippen LogP contribution in [0.4, 0.5) is 0 Å². The maximum Gasteiger partial charge on any atom is 0.185 e. The van der Waals surface area contributed by atoms with E-state index in [9.17, 15) is 4.79 Å². The van der Waals surface area contributed by atoms with Gasteiger partial charge in [-0.05, 0) is 50.1 Å². The summed E-state index contributed by atoms with van der Waals surface area (Å²) < 4.78 is 0. The number of carbonyl (C=O) groups excluding carboxylic acids is 1. The van der Waals surface area contributed by atoms with Crippen LogP contribution in [0.3, 0.4) is 0 Å². The highest BCUT2D eigenvalue weighted by atomic mass is 16.1. The number of carbonyl (C=O) groups is 1. The highest BCUT2D eigenvalue weighted by molar-refractivity contribution is 6.05. The number of nitrogens with one attached hydrogen (secondary N) is 1. The van der Waals surface area contributed by atoms with E-state index in [1.807, 2.05) is 26.0 Å². The molecule has 1 aliphatic rings. The van der Waals surface area contributed by atoms with E-state index in [1.165, 1.54) is 11.1 Å². The van der Waals surface area contributed by atoms with Gasteiger partial charge in [0.25, 0.3) is 0 Å². The zero-order valence-corrected chi connectivity index (χ0v) is 9.84. The van der Waals surface area contributed by atoms with Gasteiger partial charge >= 0.3 is 0 Å². The van der Waals surface area contributed by atoms with Crippen LogP contribution in [0.2, 0.25) is 0 Å². The van der Waals surface area contributed by atoms with Crippen LogP contribution in [0.25, 0.3) is 0 Å². The molecule has 1 N–H and O–H groups in total. The summed E-state index contributed by atoms with van der Waals surface area (Å²) in [7, 11) is 0. The number of hydrogen-bond acceptors (Lipinski definition) is 2. The molecule has 84 valence electrons. The van der Waals surface area contributed by atoms with Gasteiger partial charge in [0.05, 0.1) is 0 Å². The first-order valence-corrected chi connectivity index (χ1v) is 5.68. The lowest BCUT2D eigenvalue weighted by atomic mass is 9.97. The minimum Gasteiger partial charge on any atom is -0.312 e. The van der Waals surface area contributed by atoms with Crippen molar-refractivity contribution in [3.05, 3.63) is 46.5 Å². The molecule has 1 aromatic rings. The van der Waals surface area contributed by atoms with Crippen LogP contribution in [0.1, 0.15) is 35.3 Å². The van der Waals surface area contributed by atoms with Gasteiger partial charge < -0.3 is 5.32 Å². The fraction of sp³-hybridized carbons (Fsp3) is 0.357. The van der Waals surface area contributed by atoms with Gasteiger partial charge in [-0.1, -0.05) is 17.7 Å². The molecule has 2 heteroatoms. The Bertz CT molecular complexity index is 442. The second kappa shape index (κ2) is 4.62. The molecule has 0 spiro atoms. The van der Waals surface area contributed by atoms with Crippen molar-refractivity contribution in [1.29, 1.82) is 0 Å². The van der Waals surface area contributed by atoms with Crippen molar-refractivity contribution in [3.63, 3.8) is 0 Å². The fourth-order valence-corrected chi connectivity index (χ4v) is 1.98. The molecule has 0 unspecified atom stereocenters. The molecule has 1 aromatic carbocycles. The van der Waals surface area contributed by atoms with Gasteiger partial charge in [0.1, 0.15) is 0 Å². The summed E-state index contributed by atoms with van der Waals surface area (Å²) in [5.41, 5.74) is 4.47. The van der Waals surface area contributed by atoms with Crippen LogP contribution in [-0.2, 0) is 13.0 Å². The standard InChI is InChI=1S/C14H17NO/c1-10(2)7-14(16)12-4-3-11-5-6-15-9-13(11)8-12/h3-4,7-8,15H,5-6,9H2,1-2H3. The second-order valence-corrected chi connectivity index (χ2v) is 4.50. The van der Waals surface area contributed by atoms with Crippen LogP contribution in [0.15, 0.2) is 29.8 Å². The first kappa shape index (κ1) is 11.1. The third kappa shape index (κ3) is 2.39. The Morgan fingerprint density at radius 1 is 1.31 bits per heavy atom. The van der Waals surface area contributed by atoms with E-state index in [2.05, 4.69) is 11.4 Å². The van der Waals surface area contributed by atoms with Crippen LogP contribution < -0.4 is 5.32 Å². The summed E-state index contributed by atoms with van der Waals surface area (Å²) in [6.07, 6.45) is 2.75. The molecule has 0 saturated heterocycles. The molecule has 2 nitrogen and oxygen atoms in total. The van der Waals surface area contributed by atoms with Crippen LogP contribution in [0.5, 0.6) is 0 Å². The Labute approximate surface area is 96.4 Å². The summed E-state index contributed by atoms with van der Waals surface area (Å²) >= 11 is 0. The van der Waals surface area contributed by atoms with E-state index in [0.29, 0.717) is 0 Å². The average Bonchev–Trinajstić information content (AvgIpc) is 2.27. The van der Waals surface area contributed by atoms with Gasteiger partial charge in [0.15, 0.2) is 5.78 Å². The van der Waals surface area contributed by atoms with Crippen molar-refractivity contribution in [2.45, 2.75) is 26.8 Å². The lowest BCUT2D eigenvalue weighted by molar-refractivity contribution is 0.104. The summed E-state index contributed by atoms with van der Waals surface area (Å²) in [5, 5.41) is 3.32. The Balaban J connectivity index is 2.30. The topological polar surface area (TPSA) is 29.1 Å². The number of benzene rings is 1. The summed E-state index contributed by atoms with van der Waals surface area (Å²) in [6, 6.07) is 6.04. The van der Waals surface area contributed by atoms with E-state index < -0.39 is 0 Å². The van der Waals surface area contributed by atoms with Crippen molar-refractivity contribution in [2.24, 2.45) is 0 Å². The smallest absolute Gasteiger partial charge is 0.185 e. The third-order valence-electron chi connectivity index (χ3n) is 2.80. The first-order valence-electron chi connectivity index (χ1n) is 5.68. The number of ketones is 1. The molecule has 1 aliphatic heterocycles. The predicted molar refractivity (Wildman–Crippen MR) is 65.6 cm³/mol. The number of allylic oxidation sites excluding steroid dienone is 2. The minimum absolute atomic E-state index is 0.105. The van der Waals surface area contributed by atoms with Crippen molar-refractivity contribution >= 4 is 5.78 Å². The molecule has 0 aliphatic carbocycles. The molecular weight excluding hydrogens is 198 g/mol. The number of rotatable bonds is 2. The molecule has 0 atom stereocenters. The van der Waals surface area contributed by atoms with Crippen LogP contribution >= 0.6 is 0 Å². The number of hydrogen-bond donors (Lipinski definition) is 1. The van der Waals surface area contributed by atoms with Gasteiger partial charge in [0.2, 0.25) is 0 Å². The molecule has 2 rings (SSSR count). The van der Waals surface area contributed by atoms with E-state index in [4.69, 9.17) is 0 Å². The molecule has 0 bridgehead atoms. The third-order valence-corrected chi connectivity index (χ3v) is 2.80. The highest BCUT2D eigenvalue weighted by Crippen LogP contribution is 2.16. The number of fused-ring (bicyclic) bond motifs is 1. The highest BCUT2D eigenvalue weighted by Gasteiger charge is 2.11. The Kier molecular flexibility index (Phi) is 3.20. The zero-order chi connectivity index (χ0) is 11.5. The van der Waals surface area contributed by atoms with Gasteiger partial charge in [0, 0.05) is 12.1 Å². The predicted octanol–water partition coefficient (Wildman–Crippen LogP) is 2.48. The molecular formula is C14H17NO. The van der Waals surface area contributed by atoms with Crippen LogP contribution in [-0.4, -0.2) is 12.3 Å². The normalized spacial score (nSPS) is 14.1. The van der Waals surface area contributed by atoms with Gasteiger partial charge in [-0.3, -0.25) is 4.79 Å².